The van der Waals surface area contributed by atoms with E-state index in [0.29, 0.717) is 11.4 Å². The van der Waals surface area contributed by atoms with Crippen molar-refractivity contribution in [3.63, 3.8) is 0 Å². The summed E-state index contributed by atoms with van der Waals surface area (Å²) < 4.78 is 27.7. The summed E-state index contributed by atoms with van der Waals surface area (Å²) in [6.45, 7) is 5.49. The molecule has 0 bridgehead atoms. The maximum atomic E-state index is 12.4. The van der Waals surface area contributed by atoms with Crippen LogP contribution >= 0.6 is 0 Å². The molecule has 1 atom stereocenters. The Hall–Kier alpha value is -0.950. The molecule has 1 aliphatic rings. The minimum Gasteiger partial charge on any atom is -0.330 e. The molecule has 0 saturated carbocycles. The fraction of sp³-hybridized carbons (Fsp3) is 0.600. The fourth-order valence-electron chi connectivity index (χ4n) is 2.73. The number of nitrogens with one attached hydrogen (secondary N) is 1. The summed E-state index contributed by atoms with van der Waals surface area (Å²) in [5.74, 6) is 0. The molecule has 5 nitrogen and oxygen atoms in total. The van der Waals surface area contributed by atoms with E-state index < -0.39 is 10.0 Å². The Morgan fingerprint density at radius 2 is 2.05 bits per heavy atom. The van der Waals surface area contributed by atoms with Crippen LogP contribution in [0.3, 0.4) is 0 Å². The SMILES string of the molecule is CCN1CCCC(NS(=O)(=O)c2ccc(CCN)cc2)C1. The monoisotopic (exact) mass is 311 g/mol. The third-order valence-corrected chi connectivity index (χ3v) is 5.48. The highest BCUT2D eigenvalue weighted by Crippen LogP contribution is 2.15. The number of hydrogen-bond acceptors (Lipinski definition) is 4. The van der Waals surface area contributed by atoms with Gasteiger partial charge in [-0.3, -0.25) is 0 Å². The number of hydrogen-bond donors (Lipinski definition) is 2. The standard InChI is InChI=1S/C15H25N3O2S/c1-2-18-11-3-4-14(12-18)17-21(19,20)15-7-5-13(6-8-15)9-10-16/h5-8,14,17H,2-4,9-12,16H2,1H3. The second-order valence-corrected chi connectivity index (χ2v) is 7.25. The van der Waals surface area contributed by atoms with Gasteiger partial charge in [0, 0.05) is 12.6 Å². The first kappa shape index (κ1) is 16.4. The highest BCUT2D eigenvalue weighted by molar-refractivity contribution is 7.89. The number of nitrogens with two attached hydrogens (primary N) is 1. The molecule has 21 heavy (non-hydrogen) atoms. The third kappa shape index (κ3) is 4.51. The maximum Gasteiger partial charge on any atom is 0.240 e. The number of rotatable bonds is 6. The highest BCUT2D eigenvalue weighted by atomic mass is 32.2. The zero-order valence-electron chi connectivity index (χ0n) is 12.6. The number of nitrogens with zero attached hydrogens (tertiary/aromatic N) is 1. The number of likely N-dealkylation sites (N-methyl/N-ethyl adjacent to an activating group) is 1. The van der Waals surface area contributed by atoms with E-state index in [1.807, 2.05) is 12.1 Å². The summed E-state index contributed by atoms with van der Waals surface area (Å²) in [6, 6.07) is 7.00. The lowest BCUT2D eigenvalue weighted by Crippen LogP contribution is -2.47. The molecule has 1 aliphatic heterocycles. The highest BCUT2D eigenvalue weighted by Gasteiger charge is 2.24. The van der Waals surface area contributed by atoms with Gasteiger partial charge in [-0.15, -0.1) is 0 Å². The van der Waals surface area contributed by atoms with Gasteiger partial charge >= 0.3 is 0 Å². The molecule has 3 N–H and O–H groups in total. The number of piperidine rings is 1. The van der Waals surface area contributed by atoms with Crippen LogP contribution in [-0.2, 0) is 16.4 Å². The van der Waals surface area contributed by atoms with Crippen LogP contribution in [0, 0.1) is 0 Å². The van der Waals surface area contributed by atoms with Crippen molar-refractivity contribution in [1.29, 1.82) is 0 Å². The second kappa shape index (κ2) is 7.35. The van der Waals surface area contributed by atoms with Crippen molar-refractivity contribution in [1.82, 2.24) is 9.62 Å². The van der Waals surface area contributed by atoms with Gasteiger partial charge in [0.15, 0.2) is 0 Å². The topological polar surface area (TPSA) is 75.4 Å². The van der Waals surface area contributed by atoms with Crippen molar-refractivity contribution in [2.45, 2.75) is 37.1 Å². The van der Waals surface area contributed by atoms with Crippen LogP contribution in [0.2, 0.25) is 0 Å². The predicted octanol–water partition coefficient (Wildman–Crippen LogP) is 0.950. The minimum atomic E-state index is -3.43. The smallest absolute Gasteiger partial charge is 0.240 e. The van der Waals surface area contributed by atoms with Crippen molar-refractivity contribution in [2.24, 2.45) is 5.73 Å². The van der Waals surface area contributed by atoms with Crippen LogP contribution in [0.4, 0.5) is 0 Å². The molecule has 6 heteroatoms. The molecule has 1 aromatic carbocycles. The van der Waals surface area contributed by atoms with Gasteiger partial charge in [0.1, 0.15) is 0 Å². The van der Waals surface area contributed by atoms with Crippen LogP contribution in [0.15, 0.2) is 29.2 Å². The lowest BCUT2D eigenvalue weighted by molar-refractivity contribution is 0.211. The summed E-state index contributed by atoms with van der Waals surface area (Å²) in [5, 5.41) is 0. The Labute approximate surface area is 127 Å². The predicted molar refractivity (Wildman–Crippen MR) is 84.7 cm³/mol. The summed E-state index contributed by atoms with van der Waals surface area (Å²) in [6.07, 6.45) is 2.71. The number of sulfonamides is 1. The van der Waals surface area contributed by atoms with Gasteiger partial charge in [-0.2, -0.15) is 0 Å². The molecule has 1 fully saturated rings. The van der Waals surface area contributed by atoms with Crippen LogP contribution in [0.25, 0.3) is 0 Å². The zero-order valence-corrected chi connectivity index (χ0v) is 13.4. The number of benzene rings is 1. The van der Waals surface area contributed by atoms with E-state index >= 15 is 0 Å². The van der Waals surface area contributed by atoms with Crippen molar-refractivity contribution in [2.75, 3.05) is 26.2 Å². The molecule has 0 aromatic heterocycles. The molecule has 2 rings (SSSR count). The molecule has 0 radical (unpaired) electrons. The van der Waals surface area contributed by atoms with E-state index in [1.54, 1.807) is 12.1 Å². The Balaban J connectivity index is 2.03. The molecule has 1 saturated heterocycles. The zero-order chi connectivity index (χ0) is 15.3. The van der Waals surface area contributed by atoms with Gasteiger partial charge in [0.25, 0.3) is 0 Å². The van der Waals surface area contributed by atoms with E-state index in [0.717, 1.165) is 44.5 Å². The number of likely N-dealkylation sites (tertiary alicyclic amines) is 1. The lowest BCUT2D eigenvalue weighted by Gasteiger charge is -2.32. The van der Waals surface area contributed by atoms with E-state index in [2.05, 4.69) is 16.5 Å². The molecular weight excluding hydrogens is 286 g/mol. The Morgan fingerprint density at radius 1 is 1.33 bits per heavy atom. The first-order valence-corrected chi connectivity index (χ1v) is 9.07. The maximum absolute atomic E-state index is 12.4. The average Bonchev–Trinajstić information content (AvgIpc) is 2.48. The molecule has 0 amide bonds. The summed E-state index contributed by atoms with van der Waals surface area (Å²) >= 11 is 0. The van der Waals surface area contributed by atoms with Crippen molar-refractivity contribution >= 4 is 10.0 Å². The van der Waals surface area contributed by atoms with E-state index in [4.69, 9.17) is 5.73 Å². The molecule has 0 spiro atoms. The van der Waals surface area contributed by atoms with E-state index in [-0.39, 0.29) is 6.04 Å². The Kier molecular flexibility index (Phi) is 5.75. The van der Waals surface area contributed by atoms with Gasteiger partial charge in [-0.05, 0) is 56.6 Å². The molecule has 0 aliphatic carbocycles. The van der Waals surface area contributed by atoms with Crippen molar-refractivity contribution < 1.29 is 8.42 Å². The quantitative estimate of drug-likeness (QED) is 0.820. The summed E-state index contributed by atoms with van der Waals surface area (Å²) in [5.41, 5.74) is 6.56. The van der Waals surface area contributed by atoms with Crippen LogP contribution in [0.1, 0.15) is 25.3 Å². The second-order valence-electron chi connectivity index (χ2n) is 5.54. The first-order chi connectivity index (χ1) is 10.0. The molecular formula is C15H25N3O2S. The summed E-state index contributed by atoms with van der Waals surface area (Å²) in [7, 11) is -3.43. The van der Waals surface area contributed by atoms with Gasteiger partial charge in [-0.25, -0.2) is 13.1 Å². The summed E-state index contributed by atoms with van der Waals surface area (Å²) in [4.78, 5) is 2.61. The fourth-order valence-corrected chi connectivity index (χ4v) is 3.99. The van der Waals surface area contributed by atoms with Gasteiger partial charge < -0.3 is 10.6 Å². The van der Waals surface area contributed by atoms with E-state index in [1.165, 1.54) is 0 Å². The lowest BCUT2D eigenvalue weighted by atomic mass is 10.1. The Bertz CT molecular complexity index is 543. The van der Waals surface area contributed by atoms with Gasteiger partial charge in [0.2, 0.25) is 10.0 Å². The Morgan fingerprint density at radius 3 is 2.67 bits per heavy atom. The largest absolute Gasteiger partial charge is 0.330 e. The molecule has 118 valence electrons. The van der Waals surface area contributed by atoms with Gasteiger partial charge in [-0.1, -0.05) is 19.1 Å². The van der Waals surface area contributed by atoms with Crippen molar-refractivity contribution in [3.8, 4) is 0 Å². The normalized spacial score (nSPS) is 20.6. The molecule has 1 unspecified atom stereocenters. The van der Waals surface area contributed by atoms with Gasteiger partial charge in [0.05, 0.1) is 4.90 Å². The first-order valence-electron chi connectivity index (χ1n) is 7.59. The van der Waals surface area contributed by atoms with Crippen LogP contribution in [0.5, 0.6) is 0 Å². The third-order valence-electron chi connectivity index (χ3n) is 3.94. The molecule has 1 aromatic rings. The van der Waals surface area contributed by atoms with E-state index in [9.17, 15) is 8.42 Å². The minimum absolute atomic E-state index is 0.00687. The molecule has 1 heterocycles. The van der Waals surface area contributed by atoms with Crippen molar-refractivity contribution in [3.05, 3.63) is 29.8 Å². The van der Waals surface area contributed by atoms with Crippen LogP contribution < -0.4 is 10.5 Å². The average molecular weight is 311 g/mol. The van der Waals surface area contributed by atoms with Crippen LogP contribution in [-0.4, -0.2) is 45.5 Å².